The van der Waals surface area contributed by atoms with Gasteiger partial charge in [0.25, 0.3) is 5.56 Å². The summed E-state index contributed by atoms with van der Waals surface area (Å²) in [6, 6.07) is 6.47. The second-order valence-corrected chi connectivity index (χ2v) is 9.67. The summed E-state index contributed by atoms with van der Waals surface area (Å²) in [5.74, 6) is -0.556. The van der Waals surface area contributed by atoms with Crippen LogP contribution in [0.2, 0.25) is 0 Å². The van der Waals surface area contributed by atoms with Crippen molar-refractivity contribution >= 4 is 50.9 Å². The molecule has 0 saturated carbocycles. The summed E-state index contributed by atoms with van der Waals surface area (Å²) in [7, 11) is 2.95. The molecule has 0 saturated heterocycles. The van der Waals surface area contributed by atoms with Gasteiger partial charge in [0.05, 0.1) is 23.8 Å². The van der Waals surface area contributed by atoms with E-state index in [1.807, 2.05) is 0 Å². The van der Waals surface area contributed by atoms with Crippen molar-refractivity contribution in [3.05, 3.63) is 50.6 Å². The third kappa shape index (κ3) is 5.13. The fourth-order valence-electron chi connectivity index (χ4n) is 3.87. The normalized spacial score (nSPS) is 12.7. The molecule has 2 aromatic heterocycles. The van der Waals surface area contributed by atoms with Crippen molar-refractivity contribution in [2.75, 3.05) is 31.9 Å². The number of aryl methyl sites for hydroxylation is 2. The van der Waals surface area contributed by atoms with Gasteiger partial charge in [0, 0.05) is 30.8 Å². The minimum Gasteiger partial charge on any atom is -0.465 e. The number of anilines is 1. The van der Waals surface area contributed by atoms with Crippen LogP contribution in [0.3, 0.4) is 0 Å². The van der Waals surface area contributed by atoms with Gasteiger partial charge in [-0.3, -0.25) is 14.2 Å². The number of carbonyl (C=O) groups is 2. The highest BCUT2D eigenvalue weighted by Crippen LogP contribution is 2.35. The largest absolute Gasteiger partial charge is 0.465 e. The molecule has 174 valence electrons. The molecule has 0 unspecified atom stereocenters. The molecule has 0 aliphatic heterocycles. The number of nitrogens with one attached hydrogen (secondary N) is 1. The molecule has 1 aliphatic carbocycles. The lowest BCUT2D eigenvalue weighted by Gasteiger charge is -2.12. The fraction of sp³-hybridized carbons (Fsp3) is 0.391. The van der Waals surface area contributed by atoms with Gasteiger partial charge in [0.1, 0.15) is 4.83 Å². The molecular formula is C23H25N3O5S2. The van der Waals surface area contributed by atoms with Gasteiger partial charge in [-0.15, -0.1) is 11.3 Å². The average molecular weight is 488 g/mol. The monoisotopic (exact) mass is 487 g/mol. The van der Waals surface area contributed by atoms with Gasteiger partial charge in [0.2, 0.25) is 5.91 Å². The second kappa shape index (κ2) is 10.5. The first-order chi connectivity index (χ1) is 16.0. The predicted molar refractivity (Wildman–Crippen MR) is 130 cm³/mol. The number of rotatable bonds is 9. The van der Waals surface area contributed by atoms with Crippen molar-refractivity contribution in [2.45, 2.75) is 37.4 Å². The Bertz CT molecular complexity index is 1230. The Morgan fingerprint density at radius 3 is 2.73 bits per heavy atom. The molecular weight excluding hydrogens is 462 g/mol. The Labute approximate surface area is 199 Å². The summed E-state index contributed by atoms with van der Waals surface area (Å²) in [6.45, 7) is 1.03. The molecule has 33 heavy (non-hydrogen) atoms. The van der Waals surface area contributed by atoms with Crippen LogP contribution in [-0.4, -0.2) is 48.0 Å². The zero-order chi connectivity index (χ0) is 23.4. The van der Waals surface area contributed by atoms with Gasteiger partial charge in [0.15, 0.2) is 5.16 Å². The number of nitrogens with zero attached hydrogens (tertiary/aromatic N) is 2. The maximum Gasteiger partial charge on any atom is 0.337 e. The van der Waals surface area contributed by atoms with Gasteiger partial charge < -0.3 is 14.8 Å². The van der Waals surface area contributed by atoms with E-state index in [1.165, 1.54) is 23.7 Å². The molecule has 1 aliphatic rings. The van der Waals surface area contributed by atoms with Crippen LogP contribution in [0.25, 0.3) is 10.2 Å². The first-order valence-electron chi connectivity index (χ1n) is 10.7. The summed E-state index contributed by atoms with van der Waals surface area (Å²) in [5, 5.41) is 4.09. The molecule has 3 aromatic rings. The zero-order valence-electron chi connectivity index (χ0n) is 18.5. The van der Waals surface area contributed by atoms with E-state index in [2.05, 4.69) is 10.1 Å². The first-order valence-corrected chi connectivity index (χ1v) is 12.5. The Kier molecular flexibility index (Phi) is 7.46. The topological polar surface area (TPSA) is 99.5 Å². The van der Waals surface area contributed by atoms with E-state index in [4.69, 9.17) is 9.72 Å². The quantitative estimate of drug-likeness (QED) is 0.213. The molecule has 0 bridgehead atoms. The summed E-state index contributed by atoms with van der Waals surface area (Å²) in [4.78, 5) is 44.2. The lowest BCUT2D eigenvalue weighted by molar-refractivity contribution is -0.113. The number of thiophene rings is 1. The summed E-state index contributed by atoms with van der Waals surface area (Å²) >= 11 is 2.84. The number of benzene rings is 1. The highest BCUT2D eigenvalue weighted by atomic mass is 32.2. The highest BCUT2D eigenvalue weighted by Gasteiger charge is 2.23. The molecule has 0 spiro atoms. The van der Waals surface area contributed by atoms with Crippen molar-refractivity contribution in [2.24, 2.45) is 0 Å². The van der Waals surface area contributed by atoms with Crippen LogP contribution < -0.4 is 10.9 Å². The molecule has 0 fully saturated rings. The van der Waals surface area contributed by atoms with Crippen LogP contribution in [0.15, 0.2) is 34.2 Å². The minimum absolute atomic E-state index is 0.0307. The Balaban J connectivity index is 1.51. The molecule has 8 nitrogen and oxygen atoms in total. The van der Waals surface area contributed by atoms with Gasteiger partial charge >= 0.3 is 5.97 Å². The van der Waals surface area contributed by atoms with Gasteiger partial charge in [-0.25, -0.2) is 9.78 Å². The summed E-state index contributed by atoms with van der Waals surface area (Å²) in [5.41, 5.74) is 2.10. The maximum absolute atomic E-state index is 13.3. The van der Waals surface area contributed by atoms with Gasteiger partial charge in [-0.2, -0.15) is 0 Å². The molecule has 10 heteroatoms. The van der Waals surface area contributed by atoms with Crippen molar-refractivity contribution in [1.82, 2.24) is 9.55 Å². The highest BCUT2D eigenvalue weighted by molar-refractivity contribution is 7.99. The number of fused-ring (bicyclic) bond motifs is 3. The number of hydrogen-bond donors (Lipinski definition) is 1. The van der Waals surface area contributed by atoms with E-state index >= 15 is 0 Å². The molecule has 1 aromatic carbocycles. The van der Waals surface area contributed by atoms with Crippen LogP contribution >= 0.6 is 23.1 Å². The van der Waals surface area contributed by atoms with E-state index in [0.717, 1.165) is 35.0 Å². The standard InChI is InChI=1S/C23H25N3O5S2/c1-30-12-4-11-26-21(28)19-16-5-3-6-17(16)33-20(19)25-23(26)32-13-18(27)24-15-9-7-14(8-10-15)22(29)31-2/h7-10H,3-6,11-13H2,1-2H3,(H,24,27). The van der Waals surface area contributed by atoms with Crippen LogP contribution in [0.5, 0.6) is 0 Å². The fourth-order valence-corrected chi connectivity index (χ4v) is 6.00. The summed E-state index contributed by atoms with van der Waals surface area (Å²) < 4.78 is 11.5. The summed E-state index contributed by atoms with van der Waals surface area (Å²) in [6.07, 6.45) is 3.69. The number of methoxy groups -OCH3 is 2. The van der Waals surface area contributed by atoms with Crippen LogP contribution in [0, 0.1) is 0 Å². The number of amides is 1. The molecule has 0 radical (unpaired) electrons. The number of aromatic nitrogens is 2. The lowest BCUT2D eigenvalue weighted by Crippen LogP contribution is -2.25. The lowest BCUT2D eigenvalue weighted by atomic mass is 10.2. The minimum atomic E-state index is -0.434. The van der Waals surface area contributed by atoms with E-state index < -0.39 is 5.97 Å². The van der Waals surface area contributed by atoms with E-state index in [9.17, 15) is 14.4 Å². The van der Waals surface area contributed by atoms with Gasteiger partial charge in [-0.05, 0) is 55.5 Å². The number of ether oxygens (including phenoxy) is 2. The van der Waals surface area contributed by atoms with Gasteiger partial charge in [-0.1, -0.05) is 11.8 Å². The Morgan fingerprint density at radius 2 is 2.00 bits per heavy atom. The van der Waals surface area contributed by atoms with E-state index in [1.54, 1.807) is 47.3 Å². The second-order valence-electron chi connectivity index (χ2n) is 7.64. The third-order valence-corrected chi connectivity index (χ3v) is 7.60. The Hall–Kier alpha value is -2.69. The molecule has 4 rings (SSSR count). The van der Waals surface area contributed by atoms with Crippen molar-refractivity contribution in [1.29, 1.82) is 0 Å². The number of carbonyl (C=O) groups excluding carboxylic acids is 2. The number of esters is 1. The van der Waals surface area contributed by atoms with Crippen molar-refractivity contribution in [3.8, 4) is 0 Å². The molecule has 0 atom stereocenters. The zero-order valence-corrected chi connectivity index (χ0v) is 20.1. The van der Waals surface area contributed by atoms with E-state index in [0.29, 0.717) is 36.0 Å². The third-order valence-electron chi connectivity index (χ3n) is 5.44. The van der Waals surface area contributed by atoms with Crippen LogP contribution in [0.4, 0.5) is 5.69 Å². The molecule has 1 amide bonds. The molecule has 2 heterocycles. The maximum atomic E-state index is 13.3. The smallest absolute Gasteiger partial charge is 0.337 e. The van der Waals surface area contributed by atoms with E-state index in [-0.39, 0.29) is 17.2 Å². The SMILES string of the molecule is COCCCn1c(SCC(=O)Nc2ccc(C(=O)OC)cc2)nc2sc3c(c2c1=O)CCC3. The van der Waals surface area contributed by atoms with Crippen molar-refractivity contribution < 1.29 is 19.1 Å². The average Bonchev–Trinajstić information content (AvgIpc) is 3.40. The first kappa shape index (κ1) is 23.5. The van der Waals surface area contributed by atoms with Crippen LogP contribution in [0.1, 0.15) is 33.6 Å². The van der Waals surface area contributed by atoms with Crippen LogP contribution in [-0.2, 0) is 33.7 Å². The number of hydrogen-bond acceptors (Lipinski definition) is 8. The van der Waals surface area contributed by atoms with Crippen molar-refractivity contribution in [3.63, 3.8) is 0 Å². The molecule has 1 N–H and O–H groups in total. The number of thioether (sulfide) groups is 1. The predicted octanol–water partition coefficient (Wildman–Crippen LogP) is 3.50. The Morgan fingerprint density at radius 1 is 1.21 bits per heavy atom.